The maximum atomic E-state index is 11.6. The number of esters is 2. The number of carboxylic acids is 1. The maximum Gasteiger partial charge on any atom is 0.334 e. The highest BCUT2D eigenvalue weighted by atomic mass is 16.6. The largest absolute Gasteiger partial charge is 0.478 e. The van der Waals surface area contributed by atoms with E-state index in [2.05, 4.69) is 17.9 Å². The summed E-state index contributed by atoms with van der Waals surface area (Å²) in [6, 6.07) is 9.30. The molecule has 1 aromatic rings. The maximum absolute atomic E-state index is 11.6. The van der Waals surface area contributed by atoms with E-state index in [0.29, 0.717) is 13.2 Å². The fraction of sp³-hybridized carbons (Fsp3) is 0.286. The van der Waals surface area contributed by atoms with E-state index in [1.54, 1.807) is 0 Å². The van der Waals surface area contributed by atoms with Crippen LogP contribution in [-0.2, 0) is 35.2 Å². The molecule has 7 nitrogen and oxygen atoms in total. The summed E-state index contributed by atoms with van der Waals surface area (Å²) in [6.07, 6.45) is 2.90. The summed E-state index contributed by atoms with van der Waals surface area (Å²) in [6.45, 7) is 9.55. The van der Waals surface area contributed by atoms with Gasteiger partial charge in [-0.05, 0) is 18.9 Å². The van der Waals surface area contributed by atoms with Crippen molar-refractivity contribution in [1.29, 1.82) is 0 Å². The number of ether oxygens (including phenoxy) is 3. The minimum Gasteiger partial charge on any atom is -0.478 e. The smallest absolute Gasteiger partial charge is 0.334 e. The number of carbonyl (C=O) groups is 3. The molecule has 1 fully saturated rings. The number of hydrogen-bond acceptors (Lipinski definition) is 6. The lowest BCUT2D eigenvalue weighted by atomic mass is 10.1. The van der Waals surface area contributed by atoms with Crippen LogP contribution < -0.4 is 0 Å². The molecule has 0 aliphatic carbocycles. The van der Waals surface area contributed by atoms with Crippen LogP contribution in [0.15, 0.2) is 66.8 Å². The highest BCUT2D eigenvalue weighted by Gasteiger charge is 2.23. The lowest BCUT2D eigenvalue weighted by molar-refractivity contribution is -0.140. The molecule has 0 bridgehead atoms. The molecule has 0 spiro atoms. The van der Waals surface area contributed by atoms with E-state index in [0.717, 1.165) is 11.6 Å². The Bertz CT molecular complexity index is 730. The number of allylic oxidation sites excluding steroid dienone is 1. The van der Waals surface area contributed by atoms with Gasteiger partial charge in [0.2, 0.25) is 0 Å². The molecule has 0 saturated carbocycles. The van der Waals surface area contributed by atoms with E-state index >= 15 is 0 Å². The number of epoxide rings is 1. The second-order valence-corrected chi connectivity index (χ2v) is 5.85. The van der Waals surface area contributed by atoms with E-state index in [4.69, 9.17) is 14.6 Å². The molecule has 0 aromatic heterocycles. The Kier molecular flexibility index (Phi) is 9.99. The molecule has 1 aliphatic rings. The van der Waals surface area contributed by atoms with E-state index < -0.39 is 11.9 Å². The van der Waals surface area contributed by atoms with E-state index in [1.807, 2.05) is 30.3 Å². The number of benzene rings is 1. The second kappa shape index (κ2) is 12.2. The molecule has 2 rings (SSSR count). The molecule has 1 N–H and O–H groups in total. The molecule has 1 atom stereocenters. The average molecular weight is 388 g/mol. The SMILES string of the molecule is C=C(CC=C(C)C(=O)O)C(=O)OCc1ccccc1.C=CC(=O)OCC1CO1. The van der Waals surface area contributed by atoms with Crippen molar-refractivity contribution < 1.29 is 33.7 Å². The summed E-state index contributed by atoms with van der Waals surface area (Å²) >= 11 is 0. The third-order valence-electron chi connectivity index (χ3n) is 3.47. The first-order chi connectivity index (χ1) is 13.3. The highest BCUT2D eigenvalue weighted by molar-refractivity contribution is 5.89. The van der Waals surface area contributed by atoms with Crippen molar-refractivity contribution in [2.24, 2.45) is 0 Å². The molecule has 1 heterocycles. The van der Waals surface area contributed by atoms with Crippen molar-refractivity contribution in [3.63, 3.8) is 0 Å². The number of rotatable bonds is 9. The standard InChI is InChI=1S/C15H16O4.C6H8O3/c1-11(14(16)17)8-9-12(2)15(18)19-10-13-6-4-3-5-7-13;1-2-6(7)9-4-5-3-8-5/h3-8H,2,9-10H2,1H3,(H,16,17);2,5H,1,3-4H2. The van der Waals surface area contributed by atoms with Crippen molar-refractivity contribution in [3.8, 4) is 0 Å². The summed E-state index contributed by atoms with van der Waals surface area (Å²) in [5, 5.41) is 8.67. The van der Waals surface area contributed by atoms with Gasteiger partial charge in [-0.25, -0.2) is 14.4 Å². The van der Waals surface area contributed by atoms with Gasteiger partial charge in [0.25, 0.3) is 0 Å². The van der Waals surface area contributed by atoms with Gasteiger partial charge in [-0.15, -0.1) is 0 Å². The Hall–Kier alpha value is -3.19. The van der Waals surface area contributed by atoms with Gasteiger partial charge in [0, 0.05) is 17.2 Å². The second-order valence-electron chi connectivity index (χ2n) is 5.85. The van der Waals surface area contributed by atoms with Gasteiger partial charge in [-0.1, -0.05) is 49.6 Å². The van der Waals surface area contributed by atoms with Gasteiger partial charge in [0.05, 0.1) is 6.61 Å². The van der Waals surface area contributed by atoms with Gasteiger partial charge >= 0.3 is 17.9 Å². The first-order valence-corrected chi connectivity index (χ1v) is 8.53. The van der Waals surface area contributed by atoms with Gasteiger partial charge in [0.1, 0.15) is 19.3 Å². The third-order valence-corrected chi connectivity index (χ3v) is 3.47. The Balaban J connectivity index is 0.000000362. The Labute approximate surface area is 163 Å². The summed E-state index contributed by atoms with van der Waals surface area (Å²) in [7, 11) is 0. The normalized spacial score (nSPS) is 14.8. The van der Waals surface area contributed by atoms with Crippen LogP contribution in [-0.4, -0.2) is 42.3 Å². The number of carbonyl (C=O) groups excluding carboxylic acids is 2. The minimum absolute atomic E-state index is 0.147. The minimum atomic E-state index is -1.01. The van der Waals surface area contributed by atoms with Crippen LogP contribution in [0.2, 0.25) is 0 Å². The van der Waals surface area contributed by atoms with Crippen molar-refractivity contribution in [3.05, 3.63) is 72.4 Å². The van der Waals surface area contributed by atoms with Gasteiger partial charge < -0.3 is 19.3 Å². The first kappa shape index (κ1) is 22.9. The van der Waals surface area contributed by atoms with Crippen LogP contribution in [0, 0.1) is 0 Å². The van der Waals surface area contributed by atoms with Crippen LogP contribution in [0.5, 0.6) is 0 Å². The fourth-order valence-electron chi connectivity index (χ4n) is 1.67. The highest BCUT2D eigenvalue weighted by Crippen LogP contribution is 2.09. The van der Waals surface area contributed by atoms with Crippen molar-refractivity contribution in [2.75, 3.05) is 13.2 Å². The van der Waals surface area contributed by atoms with Crippen LogP contribution in [0.25, 0.3) is 0 Å². The Morgan fingerprint density at radius 2 is 1.89 bits per heavy atom. The van der Waals surface area contributed by atoms with Crippen molar-refractivity contribution in [1.82, 2.24) is 0 Å². The Morgan fingerprint density at radius 1 is 1.25 bits per heavy atom. The molecule has 1 saturated heterocycles. The van der Waals surface area contributed by atoms with E-state index in [-0.39, 0.29) is 36.2 Å². The van der Waals surface area contributed by atoms with Gasteiger partial charge in [0.15, 0.2) is 0 Å². The van der Waals surface area contributed by atoms with Crippen LogP contribution >= 0.6 is 0 Å². The molecule has 1 unspecified atom stereocenters. The molecule has 150 valence electrons. The number of carboxylic acid groups (broad SMARTS) is 1. The lowest BCUT2D eigenvalue weighted by Gasteiger charge is -2.05. The monoisotopic (exact) mass is 388 g/mol. The van der Waals surface area contributed by atoms with E-state index in [1.165, 1.54) is 13.0 Å². The molecule has 28 heavy (non-hydrogen) atoms. The summed E-state index contributed by atoms with van der Waals surface area (Å²) < 4.78 is 14.5. The first-order valence-electron chi connectivity index (χ1n) is 8.53. The summed E-state index contributed by atoms with van der Waals surface area (Å²) in [5.41, 5.74) is 1.30. The predicted octanol–water partition coefficient (Wildman–Crippen LogP) is 2.82. The van der Waals surface area contributed by atoms with Crippen LogP contribution in [0.3, 0.4) is 0 Å². The zero-order chi connectivity index (χ0) is 20.9. The third kappa shape index (κ3) is 10.1. The zero-order valence-corrected chi connectivity index (χ0v) is 15.8. The predicted molar refractivity (Wildman–Crippen MR) is 102 cm³/mol. The van der Waals surface area contributed by atoms with Crippen molar-refractivity contribution >= 4 is 17.9 Å². The number of hydrogen-bond donors (Lipinski definition) is 1. The van der Waals surface area contributed by atoms with Crippen molar-refractivity contribution in [2.45, 2.75) is 26.1 Å². The van der Waals surface area contributed by atoms with Gasteiger partial charge in [-0.3, -0.25) is 0 Å². The summed E-state index contributed by atoms with van der Waals surface area (Å²) in [5.74, 6) is -1.91. The lowest BCUT2D eigenvalue weighted by Crippen LogP contribution is -2.07. The van der Waals surface area contributed by atoms with Crippen LogP contribution in [0.1, 0.15) is 18.9 Å². The molecular weight excluding hydrogens is 364 g/mol. The molecule has 1 aromatic carbocycles. The molecule has 7 heteroatoms. The fourth-order valence-corrected chi connectivity index (χ4v) is 1.67. The number of aliphatic carboxylic acids is 1. The topological polar surface area (TPSA) is 102 Å². The van der Waals surface area contributed by atoms with Gasteiger partial charge in [-0.2, -0.15) is 0 Å². The molecule has 0 amide bonds. The summed E-state index contributed by atoms with van der Waals surface area (Å²) in [4.78, 5) is 32.5. The average Bonchev–Trinajstić information content (AvgIpc) is 3.53. The molecular formula is C21H24O7. The van der Waals surface area contributed by atoms with E-state index in [9.17, 15) is 14.4 Å². The quantitative estimate of drug-likeness (QED) is 0.394. The molecule has 1 aliphatic heterocycles. The van der Waals surface area contributed by atoms with Crippen LogP contribution in [0.4, 0.5) is 0 Å². The molecule has 0 radical (unpaired) electrons. The zero-order valence-electron chi connectivity index (χ0n) is 15.8. The Morgan fingerprint density at radius 3 is 2.43 bits per heavy atom.